The summed E-state index contributed by atoms with van der Waals surface area (Å²) in [4.78, 5) is 41.5. The lowest BCUT2D eigenvalue weighted by molar-refractivity contribution is -0.115. The number of hydrogen-bond acceptors (Lipinski definition) is 6. The second kappa shape index (κ2) is 10.00. The Balaban J connectivity index is 2.36. The molecule has 1 amide bonds. The molecule has 164 valence electrons. The lowest BCUT2D eigenvalue weighted by Crippen LogP contribution is -2.43. The summed E-state index contributed by atoms with van der Waals surface area (Å²) in [5.41, 5.74) is 5.78. The fraction of sp³-hybridized carbons (Fsp3) is 0.476. The van der Waals surface area contributed by atoms with Crippen LogP contribution in [0.2, 0.25) is 0 Å². The summed E-state index contributed by atoms with van der Waals surface area (Å²) in [6.07, 6.45) is 0. The lowest BCUT2D eigenvalue weighted by atomic mass is 10.2. The van der Waals surface area contributed by atoms with Crippen LogP contribution in [0.15, 0.2) is 33.9 Å². The second-order valence-electron chi connectivity index (χ2n) is 8.05. The van der Waals surface area contributed by atoms with E-state index in [0.29, 0.717) is 24.5 Å². The van der Waals surface area contributed by atoms with Gasteiger partial charge in [-0.15, -0.1) is 0 Å². The molecule has 1 heterocycles. The van der Waals surface area contributed by atoms with E-state index >= 15 is 0 Å². The van der Waals surface area contributed by atoms with Crippen LogP contribution < -0.4 is 31.9 Å². The van der Waals surface area contributed by atoms with Gasteiger partial charge in [0.25, 0.3) is 5.56 Å². The second-order valence-corrected chi connectivity index (χ2v) is 8.05. The molecule has 0 fully saturated rings. The Kier molecular flexibility index (Phi) is 7.68. The number of nitrogens with two attached hydrogens (primary N) is 1. The molecule has 0 bridgehead atoms. The number of carbonyl (C=O) groups is 1. The Morgan fingerprint density at radius 2 is 1.93 bits per heavy atom. The number of carbonyl (C=O) groups excluding carboxylic acids is 1. The Labute approximate surface area is 175 Å². The van der Waals surface area contributed by atoms with Gasteiger partial charge in [0.05, 0.1) is 13.7 Å². The van der Waals surface area contributed by atoms with Crippen LogP contribution in [0.1, 0.15) is 27.7 Å². The smallest absolute Gasteiger partial charge is 0.330 e. The maximum Gasteiger partial charge on any atom is 0.330 e. The first-order chi connectivity index (χ1) is 14.1. The van der Waals surface area contributed by atoms with Gasteiger partial charge in [-0.1, -0.05) is 33.8 Å². The molecule has 1 aromatic heterocycles. The Morgan fingerprint density at radius 3 is 2.53 bits per heavy atom. The van der Waals surface area contributed by atoms with Crippen molar-refractivity contribution in [2.45, 2.75) is 34.2 Å². The topological polar surface area (TPSA) is 122 Å². The van der Waals surface area contributed by atoms with Crippen LogP contribution in [0.25, 0.3) is 0 Å². The fourth-order valence-electron chi connectivity index (χ4n) is 3.18. The molecule has 30 heavy (non-hydrogen) atoms. The molecular formula is C21H31N5O4. The molecule has 9 heteroatoms. The summed E-state index contributed by atoms with van der Waals surface area (Å²) in [5, 5.41) is 2.81. The van der Waals surface area contributed by atoms with Gasteiger partial charge in [0.1, 0.15) is 17.3 Å². The van der Waals surface area contributed by atoms with Gasteiger partial charge < -0.3 is 20.7 Å². The molecule has 0 atom stereocenters. The maximum absolute atomic E-state index is 12.7. The molecule has 0 unspecified atom stereocenters. The highest BCUT2D eigenvalue weighted by atomic mass is 16.5. The molecule has 0 saturated heterocycles. The van der Waals surface area contributed by atoms with Crippen molar-refractivity contribution in [2.24, 2.45) is 11.8 Å². The Bertz CT molecular complexity index is 994. The number of aromatic nitrogens is 2. The zero-order valence-electron chi connectivity index (χ0n) is 18.2. The van der Waals surface area contributed by atoms with Gasteiger partial charge in [0, 0.05) is 24.8 Å². The Hall–Kier alpha value is -3.23. The summed E-state index contributed by atoms with van der Waals surface area (Å²) >= 11 is 0. The summed E-state index contributed by atoms with van der Waals surface area (Å²) in [5.74, 6) is 0.669. The van der Waals surface area contributed by atoms with Crippen molar-refractivity contribution in [1.29, 1.82) is 0 Å². The summed E-state index contributed by atoms with van der Waals surface area (Å²) in [6, 6.07) is 7.00. The van der Waals surface area contributed by atoms with Crippen LogP contribution in [-0.2, 0) is 11.3 Å². The highest BCUT2D eigenvalue weighted by Gasteiger charge is 2.22. The highest BCUT2D eigenvalue weighted by Crippen LogP contribution is 2.20. The summed E-state index contributed by atoms with van der Waals surface area (Å²) < 4.78 is 6.51. The van der Waals surface area contributed by atoms with Gasteiger partial charge in [-0.2, -0.15) is 0 Å². The fourth-order valence-corrected chi connectivity index (χ4v) is 3.18. The zero-order valence-corrected chi connectivity index (χ0v) is 18.2. The van der Waals surface area contributed by atoms with Crippen LogP contribution in [0, 0.1) is 11.8 Å². The number of nitrogens with one attached hydrogen (secondary N) is 2. The molecule has 0 aliphatic carbocycles. The molecule has 0 spiro atoms. The van der Waals surface area contributed by atoms with Crippen LogP contribution in [0.5, 0.6) is 5.75 Å². The van der Waals surface area contributed by atoms with Gasteiger partial charge >= 0.3 is 5.69 Å². The first-order valence-electron chi connectivity index (χ1n) is 9.93. The summed E-state index contributed by atoms with van der Waals surface area (Å²) in [6.45, 7) is 8.53. The molecule has 0 radical (unpaired) electrons. The van der Waals surface area contributed by atoms with Crippen molar-refractivity contribution in [3.63, 3.8) is 0 Å². The number of ether oxygens (including phenoxy) is 1. The minimum Gasteiger partial charge on any atom is -0.497 e. The zero-order chi connectivity index (χ0) is 22.4. The monoisotopic (exact) mass is 417 g/mol. The number of H-pyrrole nitrogens is 1. The number of anilines is 3. The predicted molar refractivity (Wildman–Crippen MR) is 119 cm³/mol. The molecule has 1 aromatic carbocycles. The minimum absolute atomic E-state index is 0.0623. The van der Waals surface area contributed by atoms with E-state index in [0.717, 1.165) is 0 Å². The van der Waals surface area contributed by atoms with Crippen LogP contribution in [0.3, 0.4) is 0 Å². The molecule has 0 saturated carbocycles. The molecule has 2 aromatic rings. The van der Waals surface area contributed by atoms with Crippen molar-refractivity contribution in [1.82, 2.24) is 9.55 Å². The van der Waals surface area contributed by atoms with E-state index in [-0.39, 0.29) is 35.8 Å². The van der Waals surface area contributed by atoms with Gasteiger partial charge in [-0.25, -0.2) is 4.79 Å². The Morgan fingerprint density at radius 1 is 1.23 bits per heavy atom. The molecule has 4 N–H and O–H groups in total. The minimum atomic E-state index is -0.604. The lowest BCUT2D eigenvalue weighted by Gasteiger charge is -2.27. The summed E-state index contributed by atoms with van der Waals surface area (Å²) in [7, 11) is 1.55. The predicted octanol–water partition coefficient (Wildman–Crippen LogP) is 1.88. The van der Waals surface area contributed by atoms with Crippen molar-refractivity contribution >= 4 is 23.1 Å². The number of nitrogen functional groups attached to an aromatic ring is 1. The largest absolute Gasteiger partial charge is 0.497 e. The van der Waals surface area contributed by atoms with Gasteiger partial charge in [0.15, 0.2) is 0 Å². The van der Waals surface area contributed by atoms with E-state index in [9.17, 15) is 14.4 Å². The number of amides is 1. The first kappa shape index (κ1) is 23.1. The first-order valence-corrected chi connectivity index (χ1v) is 9.93. The molecule has 0 aliphatic rings. The number of benzene rings is 1. The van der Waals surface area contributed by atoms with E-state index in [1.165, 1.54) is 4.57 Å². The van der Waals surface area contributed by atoms with Crippen LogP contribution in [0.4, 0.5) is 17.2 Å². The van der Waals surface area contributed by atoms with E-state index in [1.807, 2.05) is 27.7 Å². The molecule has 9 nitrogen and oxygen atoms in total. The van der Waals surface area contributed by atoms with Crippen molar-refractivity contribution in [3.8, 4) is 5.75 Å². The van der Waals surface area contributed by atoms with Gasteiger partial charge in [0.2, 0.25) is 5.91 Å². The van der Waals surface area contributed by atoms with Crippen molar-refractivity contribution in [3.05, 3.63) is 45.1 Å². The van der Waals surface area contributed by atoms with E-state index in [1.54, 1.807) is 36.3 Å². The molecular weight excluding hydrogens is 386 g/mol. The number of methoxy groups -OCH3 is 1. The average Bonchev–Trinajstić information content (AvgIpc) is 2.64. The highest BCUT2D eigenvalue weighted by molar-refractivity contribution is 5.94. The number of aromatic amines is 1. The standard InChI is InChI=1S/C21H31N5O4/c1-13(2)10-25(12-17(27)23-15-7-6-8-16(9-15)30-5)18-19(22)26(11-14(3)4)21(29)24-20(18)28/h6-9,13-14H,10-12,22H2,1-5H3,(H,23,27)(H,24,28,29). The van der Waals surface area contributed by atoms with E-state index in [4.69, 9.17) is 10.5 Å². The maximum atomic E-state index is 12.7. The van der Waals surface area contributed by atoms with Gasteiger partial charge in [-0.3, -0.25) is 19.1 Å². The van der Waals surface area contributed by atoms with E-state index in [2.05, 4.69) is 10.3 Å². The quantitative estimate of drug-likeness (QED) is 0.573. The van der Waals surface area contributed by atoms with E-state index < -0.39 is 11.2 Å². The number of nitrogens with zero attached hydrogens (tertiary/aromatic N) is 2. The van der Waals surface area contributed by atoms with Crippen LogP contribution in [-0.4, -0.2) is 35.7 Å². The normalized spacial score (nSPS) is 11.0. The number of rotatable bonds is 9. The third kappa shape index (κ3) is 5.88. The van der Waals surface area contributed by atoms with Crippen molar-refractivity contribution < 1.29 is 9.53 Å². The van der Waals surface area contributed by atoms with Crippen LogP contribution >= 0.6 is 0 Å². The molecule has 2 rings (SSSR count). The van der Waals surface area contributed by atoms with Crippen molar-refractivity contribution in [2.75, 3.05) is 36.1 Å². The third-order valence-electron chi connectivity index (χ3n) is 4.35. The SMILES string of the molecule is COc1cccc(NC(=O)CN(CC(C)C)c2c(N)n(CC(C)C)c(=O)[nH]c2=O)c1. The average molecular weight is 418 g/mol. The third-order valence-corrected chi connectivity index (χ3v) is 4.35. The number of hydrogen-bond donors (Lipinski definition) is 3. The van der Waals surface area contributed by atoms with Gasteiger partial charge in [-0.05, 0) is 24.0 Å². The molecule has 0 aliphatic heterocycles.